The van der Waals surface area contributed by atoms with Crippen molar-refractivity contribution >= 4 is 203 Å². The SMILES string of the molecule is [B]c1c([B])c([B])c(-c2c([B])c([B])c3c(c2[B])c2c([B])c([B])c([B])c([B])c2n3-c2ccc3c(c2)oc2cccc(-c4nc(-c5ccccc5)nc(-c5ccccc5)n4)c23)c([B])c1[B]. The van der Waals surface area contributed by atoms with Crippen LogP contribution in [0.3, 0.4) is 0 Å². The molecule has 0 saturated heterocycles. The third kappa shape index (κ3) is 5.83. The fourth-order valence-electron chi connectivity index (χ4n) is 8.41. The summed E-state index contributed by atoms with van der Waals surface area (Å²) in [5.74, 6) is 1.52. The van der Waals surface area contributed by atoms with Gasteiger partial charge in [-0.05, 0) is 34.7 Å². The third-order valence-corrected chi connectivity index (χ3v) is 11.5. The third-order valence-electron chi connectivity index (χ3n) is 11.5. The first kappa shape index (κ1) is 40.0. The molecule has 0 spiro atoms. The Hall–Kier alpha value is -6.07. The van der Waals surface area contributed by atoms with Crippen molar-refractivity contribution in [3.8, 4) is 51.0 Å². The predicted octanol–water partition coefficient (Wildman–Crippen LogP) is -2.94. The van der Waals surface area contributed by atoms with Gasteiger partial charge in [-0.1, -0.05) is 111 Å². The number of hydrogen-bond donors (Lipinski definition) is 0. The van der Waals surface area contributed by atoms with Crippen LogP contribution in [0.15, 0.2) is 101 Å². The zero-order chi connectivity index (χ0) is 43.5. The lowest BCUT2D eigenvalue weighted by atomic mass is 9.57. The first-order valence-corrected chi connectivity index (χ1v) is 19.2. The van der Waals surface area contributed by atoms with Crippen molar-refractivity contribution in [2.75, 3.05) is 0 Å². The summed E-state index contributed by atoms with van der Waals surface area (Å²) in [5, 5.41) is 2.26. The highest BCUT2D eigenvalue weighted by molar-refractivity contribution is 6.72. The Bertz CT molecular complexity index is 3470. The maximum atomic E-state index is 7.09. The van der Waals surface area contributed by atoms with Gasteiger partial charge in [0.15, 0.2) is 17.5 Å². The molecular formula is C45H16B12N4O. The van der Waals surface area contributed by atoms with Gasteiger partial charge < -0.3 is 8.98 Å². The minimum atomic E-state index is -0.00145. The average Bonchev–Trinajstić information content (AvgIpc) is 3.86. The van der Waals surface area contributed by atoms with Gasteiger partial charge in [0.05, 0.1) is 0 Å². The summed E-state index contributed by atoms with van der Waals surface area (Å²) < 4.78 is 8.36. The molecule has 0 N–H and O–H groups in total. The number of aromatic nitrogens is 4. The molecule has 0 fully saturated rings. The largest absolute Gasteiger partial charge is 0.456 e. The molecule has 0 bridgehead atoms. The topological polar surface area (TPSA) is 56.7 Å². The lowest BCUT2D eigenvalue weighted by molar-refractivity contribution is 0.668. The van der Waals surface area contributed by atoms with E-state index in [1.807, 2.05) is 97.1 Å². The number of rotatable bonds is 5. The standard InChI is InChI=1S/C45H16B12N4O/c46-29-25(26-30(47)34(51)37(54)35(52)31(26)48)32(49)39(56)41-27(29)28-33(50)36(53)38(55)40(57)42(28)61(41)19-14-15-20-23(16-19)62-22-13-7-12-21(24(20)22)45-59-43(17-8-3-1-4-9-17)58-44(60-45)18-10-5-2-6-11-18/h1-16H. The second-order valence-corrected chi connectivity index (χ2v) is 15.0. The van der Waals surface area contributed by atoms with Gasteiger partial charge in [0, 0.05) is 55.6 Å². The first-order chi connectivity index (χ1) is 29.8. The van der Waals surface area contributed by atoms with Crippen molar-refractivity contribution in [2.45, 2.75) is 0 Å². The number of benzene rings is 7. The van der Waals surface area contributed by atoms with Gasteiger partial charge in [0.1, 0.15) is 105 Å². The van der Waals surface area contributed by atoms with Crippen LogP contribution in [0.25, 0.3) is 94.7 Å². The smallest absolute Gasteiger partial charge is 0.164 e. The molecule has 0 aliphatic heterocycles. The molecule has 17 heteroatoms. The second kappa shape index (κ2) is 14.8. The summed E-state index contributed by atoms with van der Waals surface area (Å²) in [6.45, 7) is 0. The van der Waals surface area contributed by atoms with Crippen LogP contribution < -0.4 is 65.6 Å². The summed E-state index contributed by atoms with van der Waals surface area (Å²) in [7, 11) is 79.3. The molecule has 0 atom stereocenters. The highest BCUT2D eigenvalue weighted by Gasteiger charge is 2.26. The predicted molar refractivity (Wildman–Crippen MR) is 268 cm³/mol. The zero-order valence-electron chi connectivity index (χ0n) is 32.9. The zero-order valence-corrected chi connectivity index (χ0v) is 32.9. The minimum absolute atomic E-state index is 0.00145. The molecular weight excluding hydrogens is 742 g/mol. The van der Waals surface area contributed by atoms with Gasteiger partial charge in [-0.3, -0.25) is 0 Å². The van der Waals surface area contributed by atoms with Gasteiger partial charge in [-0.2, -0.15) is 0 Å². The monoisotopic (exact) mass is 760 g/mol. The van der Waals surface area contributed by atoms with Crippen LogP contribution in [-0.4, -0.2) is 114 Å². The highest BCUT2D eigenvalue weighted by Crippen LogP contribution is 2.38. The molecule has 3 heterocycles. The Morgan fingerprint density at radius 2 is 0.839 bits per heavy atom. The highest BCUT2D eigenvalue weighted by atomic mass is 16.3. The Kier molecular flexibility index (Phi) is 9.55. The van der Waals surface area contributed by atoms with Crippen molar-refractivity contribution in [1.29, 1.82) is 0 Å². The van der Waals surface area contributed by atoms with Gasteiger partial charge in [-0.15, -0.1) is 27.3 Å². The average molecular weight is 758 g/mol. The number of nitrogens with zero attached hydrogens (tertiary/aromatic N) is 4. The molecule has 0 amide bonds. The molecule has 3 aromatic heterocycles. The number of fused-ring (bicyclic) bond motifs is 6. The molecule has 62 heavy (non-hydrogen) atoms. The van der Waals surface area contributed by atoms with Crippen LogP contribution in [0, 0.1) is 0 Å². The summed E-state index contributed by atoms with van der Waals surface area (Å²) in [5.41, 5.74) is 5.65. The quantitative estimate of drug-likeness (QED) is 0.177. The van der Waals surface area contributed by atoms with Crippen molar-refractivity contribution in [2.24, 2.45) is 0 Å². The molecule has 7 aromatic carbocycles. The van der Waals surface area contributed by atoms with Crippen molar-refractivity contribution in [3.05, 3.63) is 97.1 Å². The van der Waals surface area contributed by atoms with Crippen LogP contribution >= 0.6 is 0 Å². The van der Waals surface area contributed by atoms with E-state index in [1.54, 1.807) is 4.57 Å². The lowest BCUT2D eigenvalue weighted by Gasteiger charge is -2.26. The van der Waals surface area contributed by atoms with E-state index in [1.165, 1.54) is 0 Å². The summed E-state index contributed by atoms with van der Waals surface area (Å²) in [4.78, 5) is 14.8. The Labute approximate surface area is 373 Å². The van der Waals surface area contributed by atoms with E-state index in [9.17, 15) is 0 Å². The van der Waals surface area contributed by atoms with E-state index in [-0.39, 0.29) is 76.7 Å². The van der Waals surface area contributed by atoms with Gasteiger partial charge in [0.2, 0.25) is 0 Å². The summed E-state index contributed by atoms with van der Waals surface area (Å²) in [6, 6.07) is 30.9. The van der Waals surface area contributed by atoms with Crippen LogP contribution in [0.4, 0.5) is 0 Å². The van der Waals surface area contributed by atoms with Crippen LogP contribution in [0.1, 0.15) is 0 Å². The maximum absolute atomic E-state index is 7.09. The minimum Gasteiger partial charge on any atom is -0.456 e. The number of furan rings is 1. The molecule has 24 radical (unpaired) electrons. The molecule has 0 unspecified atom stereocenters. The fraction of sp³-hybridized carbons (Fsp3) is 0. The fourth-order valence-corrected chi connectivity index (χ4v) is 8.41. The van der Waals surface area contributed by atoms with E-state index < -0.39 is 0 Å². The van der Waals surface area contributed by atoms with E-state index in [0.29, 0.717) is 56.1 Å². The van der Waals surface area contributed by atoms with Gasteiger partial charge >= 0.3 is 0 Å². The molecule has 5 nitrogen and oxygen atoms in total. The maximum Gasteiger partial charge on any atom is 0.164 e. The van der Waals surface area contributed by atoms with E-state index in [0.717, 1.165) is 27.5 Å². The summed E-state index contributed by atoms with van der Waals surface area (Å²) >= 11 is 0. The van der Waals surface area contributed by atoms with Crippen LogP contribution in [0.5, 0.6) is 0 Å². The van der Waals surface area contributed by atoms with E-state index >= 15 is 0 Å². The number of hydrogen-bond acceptors (Lipinski definition) is 4. The van der Waals surface area contributed by atoms with Gasteiger partial charge in [0.25, 0.3) is 0 Å². The molecule has 0 saturated carbocycles. The molecule has 10 aromatic rings. The Morgan fingerprint density at radius 1 is 0.371 bits per heavy atom. The second-order valence-electron chi connectivity index (χ2n) is 15.0. The van der Waals surface area contributed by atoms with Crippen molar-refractivity contribution in [1.82, 2.24) is 19.5 Å². The van der Waals surface area contributed by atoms with E-state index in [4.69, 9.17) is 114 Å². The first-order valence-electron chi connectivity index (χ1n) is 19.2. The van der Waals surface area contributed by atoms with Crippen LogP contribution in [0.2, 0.25) is 0 Å². The van der Waals surface area contributed by atoms with E-state index in [2.05, 4.69) is 0 Å². The summed E-state index contributed by atoms with van der Waals surface area (Å²) in [6.07, 6.45) is 0. The Morgan fingerprint density at radius 3 is 1.44 bits per heavy atom. The molecule has 0 aliphatic carbocycles. The van der Waals surface area contributed by atoms with Crippen molar-refractivity contribution < 1.29 is 4.42 Å². The van der Waals surface area contributed by atoms with Crippen molar-refractivity contribution in [3.63, 3.8) is 0 Å². The van der Waals surface area contributed by atoms with Gasteiger partial charge in [-0.25, -0.2) is 15.0 Å². The molecule has 258 valence electrons. The molecule has 0 aliphatic rings. The Balaban J connectivity index is 1.25. The van der Waals surface area contributed by atoms with Crippen LogP contribution in [-0.2, 0) is 0 Å². The molecule has 10 rings (SSSR count). The normalized spacial score (nSPS) is 11.7. The lowest BCUT2D eigenvalue weighted by Crippen LogP contribution is -2.56.